The van der Waals surface area contributed by atoms with Gasteiger partial charge in [0.15, 0.2) is 6.10 Å². The molecule has 3 N–H and O–H groups in total. The summed E-state index contributed by atoms with van der Waals surface area (Å²) in [5.74, 6) is 0.710. The number of halogens is 1. The molecule has 0 spiro atoms. The lowest BCUT2D eigenvalue weighted by Gasteiger charge is -2.16. The van der Waals surface area contributed by atoms with E-state index >= 15 is 0 Å². The first kappa shape index (κ1) is 13.2. The van der Waals surface area contributed by atoms with Crippen molar-refractivity contribution in [3.05, 3.63) is 28.2 Å². The molecule has 1 aromatic carbocycles. The number of cyclic esters (lactones) is 1. The minimum absolute atomic E-state index is 0.114. The lowest BCUT2D eigenvalue weighted by atomic mass is 10.1. The Morgan fingerprint density at radius 1 is 1.67 bits per heavy atom. The number of benzene rings is 1. The van der Waals surface area contributed by atoms with Gasteiger partial charge < -0.3 is 20.5 Å². The number of carbonyl (C=O) groups excluding carboxylic acids is 1. The van der Waals surface area contributed by atoms with Crippen LogP contribution < -0.4 is 15.8 Å². The van der Waals surface area contributed by atoms with Crippen LogP contribution in [0.3, 0.4) is 0 Å². The molecule has 2 atom stereocenters. The molecule has 5 nitrogen and oxygen atoms in total. The van der Waals surface area contributed by atoms with Crippen molar-refractivity contribution in [3.63, 3.8) is 0 Å². The number of alkyl carbamates (subject to hydrolysis) is 1. The van der Waals surface area contributed by atoms with Crippen molar-refractivity contribution in [2.24, 2.45) is 5.73 Å². The summed E-state index contributed by atoms with van der Waals surface area (Å²) < 4.78 is 11.6. The minimum atomic E-state index is -0.398. The van der Waals surface area contributed by atoms with Crippen LogP contribution in [0.1, 0.15) is 18.5 Å². The second kappa shape index (κ2) is 5.58. The molecule has 0 aromatic heterocycles. The van der Waals surface area contributed by atoms with Crippen molar-refractivity contribution >= 4 is 22.0 Å². The molecule has 1 saturated heterocycles. The van der Waals surface area contributed by atoms with E-state index in [1.54, 1.807) is 0 Å². The summed E-state index contributed by atoms with van der Waals surface area (Å²) in [6.45, 7) is 2.68. The van der Waals surface area contributed by atoms with Crippen LogP contribution in [-0.4, -0.2) is 25.3 Å². The zero-order valence-electron chi connectivity index (χ0n) is 9.98. The number of carbonyl (C=O) groups is 1. The van der Waals surface area contributed by atoms with Crippen LogP contribution in [0.5, 0.6) is 5.75 Å². The van der Waals surface area contributed by atoms with Gasteiger partial charge in [-0.15, -0.1) is 0 Å². The standard InChI is InChI=1S/C12H15BrN2O3/c1-7(14)10-3-2-8(13)4-11(10)17-6-9-5-15-12(16)18-9/h2-4,7,9H,5-6,14H2,1H3,(H,15,16). The average Bonchev–Trinajstić information content (AvgIpc) is 2.72. The number of rotatable bonds is 4. The van der Waals surface area contributed by atoms with Gasteiger partial charge in [-0.2, -0.15) is 0 Å². The molecular formula is C12H15BrN2O3. The molecule has 0 bridgehead atoms. The van der Waals surface area contributed by atoms with Crippen LogP contribution in [0, 0.1) is 0 Å². The fourth-order valence-electron chi connectivity index (χ4n) is 1.72. The summed E-state index contributed by atoms with van der Waals surface area (Å²) in [5, 5.41) is 2.58. The summed E-state index contributed by atoms with van der Waals surface area (Å²) >= 11 is 3.39. The molecule has 0 saturated carbocycles. The van der Waals surface area contributed by atoms with Crippen molar-refractivity contribution < 1.29 is 14.3 Å². The topological polar surface area (TPSA) is 73.6 Å². The van der Waals surface area contributed by atoms with Gasteiger partial charge in [0.25, 0.3) is 0 Å². The second-order valence-electron chi connectivity index (χ2n) is 4.19. The monoisotopic (exact) mass is 314 g/mol. The molecular weight excluding hydrogens is 300 g/mol. The smallest absolute Gasteiger partial charge is 0.407 e. The molecule has 6 heteroatoms. The first-order valence-corrected chi connectivity index (χ1v) is 6.48. The molecule has 0 radical (unpaired) electrons. The molecule has 18 heavy (non-hydrogen) atoms. The Hall–Kier alpha value is -1.27. The summed E-state index contributed by atoms with van der Waals surface area (Å²) in [7, 11) is 0. The molecule has 98 valence electrons. The van der Waals surface area contributed by atoms with E-state index in [0.29, 0.717) is 18.9 Å². The largest absolute Gasteiger partial charge is 0.489 e. The third-order valence-corrected chi connectivity index (χ3v) is 3.13. The highest BCUT2D eigenvalue weighted by Gasteiger charge is 2.23. The van der Waals surface area contributed by atoms with E-state index in [4.69, 9.17) is 15.2 Å². The predicted octanol–water partition coefficient (Wildman–Crippen LogP) is 1.96. The van der Waals surface area contributed by atoms with E-state index in [2.05, 4.69) is 21.2 Å². The van der Waals surface area contributed by atoms with Crippen LogP contribution >= 0.6 is 15.9 Å². The van der Waals surface area contributed by atoms with Crippen LogP contribution in [0.4, 0.5) is 4.79 Å². The van der Waals surface area contributed by atoms with Crippen LogP contribution in [0.25, 0.3) is 0 Å². The van der Waals surface area contributed by atoms with Crippen LogP contribution in [0.15, 0.2) is 22.7 Å². The Morgan fingerprint density at radius 2 is 2.44 bits per heavy atom. The van der Waals surface area contributed by atoms with Crippen molar-refractivity contribution in [2.75, 3.05) is 13.2 Å². The lowest BCUT2D eigenvalue weighted by Crippen LogP contribution is -2.22. The van der Waals surface area contributed by atoms with Crippen LogP contribution in [0.2, 0.25) is 0 Å². The molecule has 1 aliphatic rings. The molecule has 1 heterocycles. The number of amides is 1. The maximum Gasteiger partial charge on any atom is 0.407 e. The van der Waals surface area contributed by atoms with Gasteiger partial charge in [0.05, 0.1) is 6.54 Å². The highest BCUT2D eigenvalue weighted by molar-refractivity contribution is 9.10. The van der Waals surface area contributed by atoms with Crippen LogP contribution in [-0.2, 0) is 4.74 Å². The second-order valence-corrected chi connectivity index (χ2v) is 5.11. The average molecular weight is 315 g/mol. The van der Waals surface area contributed by atoms with Crippen molar-refractivity contribution in [1.29, 1.82) is 0 Å². The summed E-state index contributed by atoms with van der Waals surface area (Å²) in [4.78, 5) is 10.9. The zero-order chi connectivity index (χ0) is 13.1. The molecule has 0 aliphatic carbocycles. The molecule has 1 fully saturated rings. The van der Waals surface area contributed by atoms with Gasteiger partial charge >= 0.3 is 6.09 Å². The number of ether oxygens (including phenoxy) is 2. The zero-order valence-corrected chi connectivity index (χ0v) is 11.6. The lowest BCUT2D eigenvalue weighted by molar-refractivity contribution is 0.104. The summed E-state index contributed by atoms with van der Waals surface area (Å²) in [6, 6.07) is 5.59. The molecule has 1 amide bonds. The Labute approximate surface area is 114 Å². The van der Waals surface area contributed by atoms with Gasteiger partial charge in [0.1, 0.15) is 12.4 Å². The van der Waals surface area contributed by atoms with E-state index in [1.807, 2.05) is 25.1 Å². The molecule has 2 rings (SSSR count). The first-order valence-electron chi connectivity index (χ1n) is 5.68. The quantitative estimate of drug-likeness (QED) is 0.891. The Kier molecular flexibility index (Phi) is 4.08. The fraction of sp³-hybridized carbons (Fsp3) is 0.417. The van der Waals surface area contributed by atoms with Crippen molar-refractivity contribution in [1.82, 2.24) is 5.32 Å². The number of nitrogens with one attached hydrogen (secondary N) is 1. The van der Waals surface area contributed by atoms with Gasteiger partial charge in [-0.1, -0.05) is 22.0 Å². The third kappa shape index (κ3) is 3.14. The van der Waals surface area contributed by atoms with Gasteiger partial charge in [0, 0.05) is 16.1 Å². The van der Waals surface area contributed by atoms with E-state index < -0.39 is 6.09 Å². The molecule has 1 aromatic rings. The van der Waals surface area contributed by atoms with Crippen molar-refractivity contribution in [2.45, 2.75) is 19.1 Å². The highest BCUT2D eigenvalue weighted by Crippen LogP contribution is 2.27. The SMILES string of the molecule is CC(N)c1ccc(Br)cc1OCC1CNC(=O)O1. The molecule has 2 unspecified atom stereocenters. The first-order chi connectivity index (χ1) is 8.56. The normalized spacial score (nSPS) is 20.2. The number of nitrogens with two attached hydrogens (primary N) is 1. The molecule has 1 aliphatic heterocycles. The van der Waals surface area contributed by atoms with Gasteiger partial charge in [-0.25, -0.2) is 4.79 Å². The van der Waals surface area contributed by atoms with E-state index in [-0.39, 0.29) is 12.1 Å². The van der Waals surface area contributed by atoms with E-state index in [9.17, 15) is 4.79 Å². The summed E-state index contributed by atoms with van der Waals surface area (Å²) in [6.07, 6.45) is -0.650. The fourth-order valence-corrected chi connectivity index (χ4v) is 2.06. The maximum absolute atomic E-state index is 10.9. The minimum Gasteiger partial charge on any atom is -0.489 e. The number of hydrogen-bond acceptors (Lipinski definition) is 4. The van der Waals surface area contributed by atoms with Gasteiger partial charge in [0.2, 0.25) is 0 Å². The Morgan fingerprint density at radius 3 is 3.06 bits per heavy atom. The van der Waals surface area contributed by atoms with Gasteiger partial charge in [-0.05, 0) is 19.1 Å². The number of hydrogen-bond donors (Lipinski definition) is 2. The van der Waals surface area contributed by atoms with Gasteiger partial charge in [-0.3, -0.25) is 0 Å². The predicted molar refractivity (Wildman–Crippen MR) is 70.5 cm³/mol. The highest BCUT2D eigenvalue weighted by atomic mass is 79.9. The third-order valence-electron chi connectivity index (χ3n) is 2.64. The summed E-state index contributed by atoms with van der Waals surface area (Å²) in [5.41, 5.74) is 6.80. The Bertz CT molecular complexity index is 451. The van der Waals surface area contributed by atoms with Crippen molar-refractivity contribution in [3.8, 4) is 5.75 Å². The van der Waals surface area contributed by atoms with E-state index in [1.165, 1.54) is 0 Å². The Balaban J connectivity index is 2.03. The van der Waals surface area contributed by atoms with E-state index in [0.717, 1.165) is 10.0 Å². The maximum atomic E-state index is 10.9.